The van der Waals surface area contributed by atoms with Crippen molar-refractivity contribution >= 4 is 5.97 Å². The van der Waals surface area contributed by atoms with Crippen LogP contribution >= 0.6 is 0 Å². The van der Waals surface area contributed by atoms with Gasteiger partial charge in [0.15, 0.2) is 0 Å². The van der Waals surface area contributed by atoms with Gasteiger partial charge in [-0.2, -0.15) is 0 Å². The topological polar surface area (TPSA) is 100 Å². The number of aromatic amines is 4. The average molecular weight is 591 g/mol. The van der Waals surface area contributed by atoms with Crippen molar-refractivity contribution in [1.29, 1.82) is 0 Å². The normalized spacial score (nSPS) is 23.9. The molecule has 0 aromatic carbocycles. The minimum Gasteiger partial charge on any atom is -0.481 e. The van der Waals surface area contributed by atoms with Gasteiger partial charge in [0.05, 0.1) is 28.1 Å². The molecule has 0 amide bonds. The lowest BCUT2D eigenvalue weighted by Crippen LogP contribution is -2.31. The van der Waals surface area contributed by atoms with E-state index in [-0.39, 0.29) is 28.1 Å². The largest absolute Gasteiger partial charge is 0.481 e. The number of carboxylic acids is 1. The van der Waals surface area contributed by atoms with Crippen molar-refractivity contribution in [2.75, 3.05) is 0 Å². The van der Waals surface area contributed by atoms with Crippen molar-refractivity contribution in [2.45, 2.75) is 131 Å². The molecule has 4 aromatic heterocycles. The first-order chi connectivity index (χ1) is 21.5. The summed E-state index contributed by atoms with van der Waals surface area (Å²) in [7, 11) is 0. The lowest BCUT2D eigenvalue weighted by Gasteiger charge is -2.33. The third-order valence-corrected chi connectivity index (χ3v) is 13.2. The van der Waals surface area contributed by atoms with Gasteiger partial charge in [-0.3, -0.25) is 4.79 Å². The molecular weight excluding hydrogens is 544 g/mol. The van der Waals surface area contributed by atoms with Crippen LogP contribution in [0.4, 0.5) is 0 Å². The minimum absolute atomic E-state index is 0.0165. The van der Waals surface area contributed by atoms with E-state index in [9.17, 15) is 9.90 Å². The standard InChI is InChI=1S/C38H46N4O2/c43-33(44)24-25-23-32-37(19-5-6-20-37)30-12-11-28(40-30)35(15-1-2-16-35)26-9-10-27(39-26)36(17-3-4-18-36)29-13-14-31(41-29)38(34(25)42-32)21-7-8-22-38/h9-14,23,39-42H,1-8,15-22,24H2,(H,43,44). The molecule has 8 bridgehead atoms. The molecule has 5 aliphatic rings. The van der Waals surface area contributed by atoms with E-state index in [1.165, 1.54) is 78.4 Å². The van der Waals surface area contributed by atoms with Gasteiger partial charge in [0, 0.05) is 45.6 Å². The predicted octanol–water partition coefficient (Wildman–Crippen LogP) is 8.38. The van der Waals surface area contributed by atoms with Crippen molar-refractivity contribution in [2.24, 2.45) is 0 Å². The van der Waals surface area contributed by atoms with Crippen LogP contribution < -0.4 is 0 Å². The van der Waals surface area contributed by atoms with E-state index < -0.39 is 5.97 Å². The molecule has 4 aliphatic carbocycles. The molecule has 4 saturated carbocycles. The zero-order chi connectivity index (χ0) is 29.6. The lowest BCUT2D eigenvalue weighted by atomic mass is 9.77. The van der Waals surface area contributed by atoms with Crippen LogP contribution in [0.1, 0.15) is 154 Å². The van der Waals surface area contributed by atoms with Gasteiger partial charge in [-0.05, 0) is 99.4 Å². The highest BCUT2D eigenvalue weighted by Crippen LogP contribution is 2.54. The monoisotopic (exact) mass is 590 g/mol. The van der Waals surface area contributed by atoms with Crippen LogP contribution in [0.2, 0.25) is 0 Å². The van der Waals surface area contributed by atoms with Gasteiger partial charge in [0.1, 0.15) is 0 Å². The molecule has 230 valence electrons. The van der Waals surface area contributed by atoms with Crippen LogP contribution in [-0.2, 0) is 32.9 Å². The van der Waals surface area contributed by atoms with E-state index in [0.717, 1.165) is 75.5 Å². The molecule has 44 heavy (non-hydrogen) atoms. The van der Waals surface area contributed by atoms with Crippen molar-refractivity contribution < 1.29 is 9.90 Å². The lowest BCUT2D eigenvalue weighted by molar-refractivity contribution is -0.136. The van der Waals surface area contributed by atoms with Crippen molar-refractivity contribution in [3.8, 4) is 0 Å². The molecule has 4 aromatic rings. The SMILES string of the molecule is O=C(O)Cc1cc2[nH]c1C1(CCCC1)c1ccc([nH]1)C1(CCCC1)c1ccc([nH]1)C1(CCCC1)c1ccc([nH]1)C21CCCC1. The summed E-state index contributed by atoms with van der Waals surface area (Å²) in [6.07, 6.45) is 18.6. The summed E-state index contributed by atoms with van der Waals surface area (Å²) in [5.74, 6) is -0.749. The van der Waals surface area contributed by atoms with Crippen LogP contribution in [0.3, 0.4) is 0 Å². The number of hydrogen-bond donors (Lipinski definition) is 5. The van der Waals surface area contributed by atoms with Crippen LogP contribution in [-0.4, -0.2) is 31.0 Å². The molecule has 4 spiro atoms. The number of nitrogens with one attached hydrogen (secondary N) is 4. The zero-order valence-electron chi connectivity index (χ0n) is 25.9. The Bertz CT molecular complexity index is 1700. The second-order valence-corrected chi connectivity index (χ2v) is 15.2. The summed E-state index contributed by atoms with van der Waals surface area (Å²) >= 11 is 0. The van der Waals surface area contributed by atoms with Crippen molar-refractivity contribution in [3.63, 3.8) is 0 Å². The summed E-state index contributed by atoms with van der Waals surface area (Å²) in [6, 6.07) is 16.6. The number of hydrogen-bond acceptors (Lipinski definition) is 1. The Balaban J connectivity index is 1.33. The van der Waals surface area contributed by atoms with E-state index in [2.05, 4.69) is 62.4 Å². The van der Waals surface area contributed by atoms with Gasteiger partial charge in [0.25, 0.3) is 0 Å². The molecule has 4 fully saturated rings. The van der Waals surface area contributed by atoms with Crippen LogP contribution in [0.5, 0.6) is 0 Å². The first kappa shape index (κ1) is 26.9. The molecule has 5 heterocycles. The molecule has 9 rings (SSSR count). The summed E-state index contributed by atoms with van der Waals surface area (Å²) in [5.41, 5.74) is 10.9. The third-order valence-electron chi connectivity index (χ3n) is 13.2. The fourth-order valence-corrected chi connectivity index (χ4v) is 11.0. The van der Waals surface area contributed by atoms with Gasteiger partial charge in [-0.25, -0.2) is 0 Å². The number of carboxylic acid groups (broad SMARTS) is 1. The molecule has 6 heteroatoms. The summed E-state index contributed by atoms with van der Waals surface area (Å²) in [6.45, 7) is 0. The van der Waals surface area contributed by atoms with E-state index in [4.69, 9.17) is 0 Å². The van der Waals surface area contributed by atoms with Crippen molar-refractivity contribution in [1.82, 2.24) is 19.9 Å². The number of aromatic nitrogens is 4. The molecule has 5 N–H and O–H groups in total. The third kappa shape index (κ3) is 3.57. The van der Waals surface area contributed by atoms with E-state index in [1.807, 2.05) is 0 Å². The smallest absolute Gasteiger partial charge is 0.307 e. The minimum atomic E-state index is -0.749. The maximum atomic E-state index is 12.3. The highest BCUT2D eigenvalue weighted by atomic mass is 16.4. The maximum absolute atomic E-state index is 12.3. The molecule has 0 atom stereocenters. The Morgan fingerprint density at radius 1 is 0.500 bits per heavy atom. The molecule has 0 saturated heterocycles. The zero-order valence-corrected chi connectivity index (χ0v) is 25.9. The number of fused-ring (bicyclic) bond motifs is 16. The quantitative estimate of drug-likeness (QED) is 0.162. The highest BCUT2D eigenvalue weighted by molar-refractivity contribution is 5.71. The number of carbonyl (C=O) groups is 1. The Morgan fingerprint density at radius 3 is 1.18 bits per heavy atom. The van der Waals surface area contributed by atoms with E-state index >= 15 is 0 Å². The first-order valence-corrected chi connectivity index (χ1v) is 17.5. The Hall–Kier alpha value is -3.41. The second-order valence-electron chi connectivity index (χ2n) is 15.2. The number of rotatable bonds is 2. The fraction of sp³-hybridized carbons (Fsp3) is 0.553. The molecule has 0 unspecified atom stereocenters. The maximum Gasteiger partial charge on any atom is 0.307 e. The van der Waals surface area contributed by atoms with Gasteiger partial charge in [0.2, 0.25) is 0 Å². The fourth-order valence-electron chi connectivity index (χ4n) is 11.0. The average Bonchev–Trinajstić information content (AvgIpc) is 3.88. The van der Waals surface area contributed by atoms with Crippen molar-refractivity contribution in [3.05, 3.63) is 93.6 Å². The first-order valence-electron chi connectivity index (χ1n) is 17.5. The van der Waals surface area contributed by atoms with Crippen LogP contribution in [0, 0.1) is 0 Å². The Labute approximate surface area is 259 Å². The highest BCUT2D eigenvalue weighted by Gasteiger charge is 2.49. The van der Waals surface area contributed by atoms with Gasteiger partial charge >= 0.3 is 5.97 Å². The Morgan fingerprint density at radius 2 is 0.818 bits per heavy atom. The summed E-state index contributed by atoms with van der Waals surface area (Å²) < 4.78 is 0. The van der Waals surface area contributed by atoms with Crippen LogP contribution in [0.15, 0.2) is 42.5 Å². The van der Waals surface area contributed by atoms with Gasteiger partial charge in [-0.1, -0.05) is 51.4 Å². The molecular formula is C38H46N4O2. The van der Waals surface area contributed by atoms with E-state index in [0.29, 0.717) is 0 Å². The van der Waals surface area contributed by atoms with E-state index in [1.54, 1.807) is 0 Å². The second kappa shape index (κ2) is 9.55. The Kier molecular flexibility index (Phi) is 5.85. The number of aliphatic carboxylic acids is 1. The van der Waals surface area contributed by atoms with Crippen LogP contribution in [0.25, 0.3) is 0 Å². The molecule has 1 aliphatic heterocycles. The van der Waals surface area contributed by atoms with Gasteiger partial charge in [-0.15, -0.1) is 0 Å². The summed E-state index contributed by atoms with van der Waals surface area (Å²) in [4.78, 5) is 28.6. The molecule has 6 nitrogen and oxygen atoms in total. The number of H-pyrrole nitrogens is 4. The predicted molar refractivity (Wildman–Crippen MR) is 172 cm³/mol. The van der Waals surface area contributed by atoms with Gasteiger partial charge < -0.3 is 25.0 Å². The molecule has 0 radical (unpaired) electrons. The summed E-state index contributed by atoms with van der Waals surface area (Å²) in [5, 5.41) is 10.1.